The average Bonchev–Trinajstić information content (AvgIpc) is 2.69. The Kier molecular flexibility index (Phi) is 4.17. The van der Waals surface area contributed by atoms with Gasteiger partial charge in [0, 0.05) is 16.6 Å². The van der Waals surface area contributed by atoms with Crippen molar-refractivity contribution in [1.29, 1.82) is 0 Å². The van der Waals surface area contributed by atoms with E-state index in [1.54, 1.807) is 6.92 Å². The highest BCUT2D eigenvalue weighted by molar-refractivity contribution is 9.10. The summed E-state index contributed by atoms with van der Waals surface area (Å²) in [4.78, 5) is 2.29. The van der Waals surface area contributed by atoms with Crippen LogP contribution in [0.2, 0.25) is 0 Å². The second-order valence-electron chi connectivity index (χ2n) is 5.26. The Balaban J connectivity index is 1.91. The molecule has 0 saturated carbocycles. The van der Waals surface area contributed by atoms with E-state index in [9.17, 15) is 5.11 Å². The van der Waals surface area contributed by atoms with Crippen LogP contribution in [-0.4, -0.2) is 18.3 Å². The SMILES string of the molecule is CC(O)c1ccc(N2CCOc3ccccc3C2)c(Br)c1. The predicted octanol–water partition coefficient (Wildman–Crippen LogP) is 3.90. The Hall–Kier alpha value is -1.52. The Morgan fingerprint density at radius 2 is 2.05 bits per heavy atom. The summed E-state index contributed by atoms with van der Waals surface area (Å²) in [6.45, 7) is 4.10. The molecule has 2 aromatic carbocycles. The van der Waals surface area contributed by atoms with Crippen LogP contribution >= 0.6 is 15.9 Å². The third-order valence-corrected chi connectivity index (χ3v) is 4.38. The van der Waals surface area contributed by atoms with E-state index in [0.29, 0.717) is 6.61 Å². The molecule has 0 fully saturated rings. The molecule has 21 heavy (non-hydrogen) atoms. The van der Waals surface area contributed by atoms with Crippen LogP contribution in [0.1, 0.15) is 24.2 Å². The molecule has 2 aromatic rings. The van der Waals surface area contributed by atoms with E-state index in [4.69, 9.17) is 4.74 Å². The van der Waals surface area contributed by atoms with Crippen molar-refractivity contribution in [2.24, 2.45) is 0 Å². The summed E-state index contributed by atoms with van der Waals surface area (Å²) in [5.41, 5.74) is 3.23. The fourth-order valence-electron chi connectivity index (χ4n) is 2.57. The number of hydrogen-bond acceptors (Lipinski definition) is 3. The number of fused-ring (bicyclic) bond motifs is 1. The van der Waals surface area contributed by atoms with Crippen molar-refractivity contribution >= 4 is 21.6 Å². The molecule has 1 aliphatic rings. The number of benzene rings is 2. The highest BCUT2D eigenvalue weighted by Crippen LogP contribution is 2.32. The fraction of sp³-hybridized carbons (Fsp3) is 0.294. The molecule has 1 heterocycles. The molecule has 0 spiro atoms. The topological polar surface area (TPSA) is 32.7 Å². The van der Waals surface area contributed by atoms with Gasteiger partial charge < -0.3 is 14.7 Å². The number of anilines is 1. The minimum absolute atomic E-state index is 0.455. The first-order valence-corrected chi connectivity index (χ1v) is 7.87. The highest BCUT2D eigenvalue weighted by atomic mass is 79.9. The number of rotatable bonds is 2. The second kappa shape index (κ2) is 6.08. The van der Waals surface area contributed by atoms with Crippen molar-refractivity contribution < 1.29 is 9.84 Å². The minimum Gasteiger partial charge on any atom is -0.491 e. The molecule has 0 saturated heterocycles. The van der Waals surface area contributed by atoms with Crippen molar-refractivity contribution in [1.82, 2.24) is 0 Å². The van der Waals surface area contributed by atoms with E-state index in [2.05, 4.69) is 33.0 Å². The summed E-state index contributed by atoms with van der Waals surface area (Å²) in [6, 6.07) is 14.2. The normalized spacial score (nSPS) is 15.9. The summed E-state index contributed by atoms with van der Waals surface area (Å²) in [6.07, 6.45) is -0.455. The quantitative estimate of drug-likeness (QED) is 0.894. The minimum atomic E-state index is -0.455. The monoisotopic (exact) mass is 347 g/mol. The average molecular weight is 348 g/mol. The van der Waals surface area contributed by atoms with Gasteiger partial charge in [0.05, 0.1) is 18.3 Å². The molecule has 0 bridgehead atoms. The van der Waals surface area contributed by atoms with E-state index in [-0.39, 0.29) is 0 Å². The molecular formula is C17H18BrNO2. The van der Waals surface area contributed by atoms with E-state index in [0.717, 1.165) is 34.6 Å². The van der Waals surface area contributed by atoms with Gasteiger partial charge in [-0.3, -0.25) is 0 Å². The van der Waals surface area contributed by atoms with Gasteiger partial charge in [-0.1, -0.05) is 24.3 Å². The lowest BCUT2D eigenvalue weighted by molar-refractivity contribution is 0.199. The molecule has 4 heteroatoms. The van der Waals surface area contributed by atoms with Crippen molar-refractivity contribution in [3.63, 3.8) is 0 Å². The predicted molar refractivity (Wildman–Crippen MR) is 87.8 cm³/mol. The zero-order chi connectivity index (χ0) is 14.8. The zero-order valence-electron chi connectivity index (χ0n) is 11.9. The van der Waals surface area contributed by atoms with Gasteiger partial charge in [-0.15, -0.1) is 0 Å². The summed E-state index contributed by atoms with van der Waals surface area (Å²) < 4.78 is 6.81. The first kappa shape index (κ1) is 14.4. The van der Waals surface area contributed by atoms with Gasteiger partial charge in [0.15, 0.2) is 0 Å². The smallest absolute Gasteiger partial charge is 0.124 e. The van der Waals surface area contributed by atoms with Crippen LogP contribution in [0.5, 0.6) is 5.75 Å². The Bertz CT molecular complexity index is 642. The van der Waals surface area contributed by atoms with Gasteiger partial charge in [0.1, 0.15) is 12.4 Å². The molecule has 1 atom stereocenters. The maximum Gasteiger partial charge on any atom is 0.124 e. The molecule has 0 aromatic heterocycles. The van der Waals surface area contributed by atoms with Crippen LogP contribution in [0.15, 0.2) is 46.9 Å². The molecule has 0 amide bonds. The van der Waals surface area contributed by atoms with Crippen molar-refractivity contribution in [2.75, 3.05) is 18.1 Å². The van der Waals surface area contributed by atoms with E-state index in [1.807, 2.05) is 30.3 Å². The number of ether oxygens (including phenoxy) is 1. The number of aliphatic hydroxyl groups excluding tert-OH is 1. The van der Waals surface area contributed by atoms with Gasteiger partial charge in [-0.25, -0.2) is 0 Å². The Morgan fingerprint density at radius 1 is 1.24 bits per heavy atom. The first-order chi connectivity index (χ1) is 10.1. The first-order valence-electron chi connectivity index (χ1n) is 7.08. The molecule has 0 aliphatic carbocycles. The van der Waals surface area contributed by atoms with Crippen molar-refractivity contribution in [3.8, 4) is 5.75 Å². The van der Waals surface area contributed by atoms with E-state index < -0.39 is 6.10 Å². The van der Waals surface area contributed by atoms with Gasteiger partial charge in [0.2, 0.25) is 0 Å². The number of aliphatic hydroxyl groups is 1. The number of halogens is 1. The van der Waals surface area contributed by atoms with Crippen molar-refractivity contribution in [3.05, 3.63) is 58.1 Å². The molecule has 110 valence electrons. The second-order valence-corrected chi connectivity index (χ2v) is 6.12. The number of para-hydroxylation sites is 1. The standard InChI is InChI=1S/C17H18BrNO2/c1-12(20)13-6-7-16(15(18)10-13)19-8-9-21-17-5-3-2-4-14(17)11-19/h2-7,10,12,20H,8-9,11H2,1H3. The molecule has 0 radical (unpaired) electrons. The van der Waals surface area contributed by atoms with Crippen molar-refractivity contribution in [2.45, 2.75) is 19.6 Å². The summed E-state index contributed by atoms with van der Waals surface area (Å²) in [5.74, 6) is 0.969. The van der Waals surface area contributed by atoms with Crippen LogP contribution in [0, 0.1) is 0 Å². The van der Waals surface area contributed by atoms with E-state index in [1.165, 1.54) is 5.56 Å². The van der Waals surface area contributed by atoms with Crippen LogP contribution in [-0.2, 0) is 6.54 Å². The molecule has 1 N–H and O–H groups in total. The Morgan fingerprint density at radius 3 is 2.81 bits per heavy atom. The Labute approximate surface area is 133 Å². The number of hydrogen-bond donors (Lipinski definition) is 1. The molecule has 3 rings (SSSR count). The maximum atomic E-state index is 9.67. The lowest BCUT2D eigenvalue weighted by atomic mass is 10.1. The van der Waals surface area contributed by atoms with Crippen LogP contribution in [0.3, 0.4) is 0 Å². The molecule has 1 aliphatic heterocycles. The van der Waals surface area contributed by atoms with Crippen LogP contribution < -0.4 is 9.64 Å². The van der Waals surface area contributed by atoms with Crippen LogP contribution in [0.4, 0.5) is 5.69 Å². The largest absolute Gasteiger partial charge is 0.491 e. The van der Waals surface area contributed by atoms with Gasteiger partial charge in [-0.2, -0.15) is 0 Å². The summed E-state index contributed by atoms with van der Waals surface area (Å²) in [5, 5.41) is 9.67. The van der Waals surface area contributed by atoms with Gasteiger partial charge in [-0.05, 0) is 46.6 Å². The van der Waals surface area contributed by atoms with Gasteiger partial charge >= 0.3 is 0 Å². The molecule has 1 unspecified atom stereocenters. The third-order valence-electron chi connectivity index (χ3n) is 3.75. The maximum absolute atomic E-state index is 9.67. The van der Waals surface area contributed by atoms with Crippen LogP contribution in [0.25, 0.3) is 0 Å². The number of nitrogens with zero attached hydrogens (tertiary/aromatic N) is 1. The third kappa shape index (κ3) is 3.06. The lowest BCUT2D eigenvalue weighted by Crippen LogP contribution is -2.25. The lowest BCUT2D eigenvalue weighted by Gasteiger charge is -2.24. The summed E-state index contributed by atoms with van der Waals surface area (Å²) >= 11 is 3.62. The van der Waals surface area contributed by atoms with Gasteiger partial charge in [0.25, 0.3) is 0 Å². The molecule has 3 nitrogen and oxygen atoms in total. The molecular weight excluding hydrogens is 330 g/mol. The fourth-order valence-corrected chi connectivity index (χ4v) is 3.22. The van der Waals surface area contributed by atoms with E-state index >= 15 is 0 Å². The zero-order valence-corrected chi connectivity index (χ0v) is 13.5. The highest BCUT2D eigenvalue weighted by Gasteiger charge is 2.17. The summed E-state index contributed by atoms with van der Waals surface area (Å²) in [7, 11) is 0.